The minimum Gasteiger partial charge on any atom is -0.310 e. The average Bonchev–Trinajstić information content (AvgIpc) is 1.53. The smallest absolute Gasteiger partial charge is 0.160 e. The Morgan fingerprint density at radius 2 is 0.756 bits per heavy atom. The van der Waals surface area contributed by atoms with Crippen LogP contribution >= 0.6 is 11.3 Å². The maximum absolute atomic E-state index is 12.4. The topological polar surface area (TPSA) is 20.3 Å². The Bertz CT molecular complexity index is 4270. The summed E-state index contributed by atoms with van der Waals surface area (Å²) in [6, 6.07) is 74.1. The molecule has 14 rings (SSSR count). The lowest BCUT2D eigenvalue weighted by Gasteiger charge is -2.34. The van der Waals surface area contributed by atoms with Crippen LogP contribution in [0.2, 0.25) is 0 Å². The molecule has 0 radical (unpaired) electrons. The van der Waals surface area contributed by atoms with Gasteiger partial charge in [-0.25, -0.2) is 0 Å². The molecule has 2 spiro atoms. The lowest BCUT2D eigenvalue weighted by Crippen LogP contribution is -2.28. The van der Waals surface area contributed by atoms with Gasteiger partial charge in [0.1, 0.15) is 0 Å². The van der Waals surface area contributed by atoms with E-state index < -0.39 is 10.8 Å². The first-order chi connectivity index (χ1) is 41.1. The summed E-state index contributed by atoms with van der Waals surface area (Å²) in [6.45, 7) is 30.4. The van der Waals surface area contributed by atoms with E-state index in [1.807, 2.05) is 0 Å². The van der Waals surface area contributed by atoms with E-state index in [4.69, 9.17) is 0 Å². The molecule has 86 heavy (non-hydrogen) atoms. The van der Waals surface area contributed by atoms with Crippen LogP contribution in [-0.4, -0.2) is 6.29 Å². The molecule has 0 aliphatic heterocycles. The Morgan fingerprint density at radius 1 is 0.372 bits per heavy atom. The van der Waals surface area contributed by atoms with E-state index in [1.54, 1.807) is 11.3 Å². The van der Waals surface area contributed by atoms with Crippen LogP contribution in [0.4, 0.5) is 17.1 Å². The number of aldehydes is 1. The highest BCUT2D eigenvalue weighted by Crippen LogP contribution is 2.66. The van der Waals surface area contributed by atoms with Crippen molar-refractivity contribution in [2.24, 2.45) is 0 Å². The standard InChI is InChI=1S/C83H81NOS/c1-14-15-16-17-22-52-43-60(50-85)86-77(52)51-27-33-57(34-28-51)84(58-36-42-71-68(48-58)62-24-19-21-26-70(62)82(71)72-44-53(78(2,3)4)29-37-63(72)64-38-30-54(45-73(64)82)79(5,6)7)59-35-41-67-61-23-18-20-25-69(61)83(76(67)49-59)74-46-55(80(8,9)10)31-39-65(74)66-40-32-56(47-75(66)83)81(11,12)13/h18-21,23-50H,14-17,22H2,1-13H3. The van der Waals surface area contributed by atoms with E-state index in [9.17, 15) is 4.79 Å². The summed E-state index contributed by atoms with van der Waals surface area (Å²) in [4.78, 5) is 16.9. The molecule has 0 saturated heterocycles. The summed E-state index contributed by atoms with van der Waals surface area (Å²) in [5, 5.41) is 0. The summed E-state index contributed by atoms with van der Waals surface area (Å²) < 4.78 is 0. The molecule has 0 amide bonds. The van der Waals surface area contributed by atoms with Gasteiger partial charge < -0.3 is 4.90 Å². The molecule has 4 aliphatic carbocycles. The number of nitrogens with zero attached hydrogens (tertiary/aromatic N) is 1. The number of unbranched alkanes of at least 4 members (excludes halogenated alkanes) is 3. The van der Waals surface area contributed by atoms with Gasteiger partial charge >= 0.3 is 0 Å². The molecule has 0 N–H and O–H groups in total. The Labute approximate surface area is 516 Å². The second-order valence-corrected chi connectivity index (χ2v) is 30.5. The van der Waals surface area contributed by atoms with Crippen LogP contribution in [0, 0.1) is 0 Å². The predicted molar refractivity (Wildman–Crippen MR) is 365 cm³/mol. The van der Waals surface area contributed by atoms with E-state index in [1.165, 1.54) is 141 Å². The van der Waals surface area contributed by atoms with E-state index in [0.29, 0.717) is 0 Å². The number of thiophene rings is 1. The largest absolute Gasteiger partial charge is 0.310 e. The SMILES string of the molecule is CCCCCCc1cc(C=O)sc1-c1ccc(N(c2ccc3c(c2)-c2ccccc2C32c3cc(C(C)(C)C)ccc3-c3ccc(C(C)(C)C)cc32)c2ccc3c(c2)C2(c4ccccc4-3)c3cc(C(C)(C)C)ccc3-c3ccc(C(C)(C)C)cc32)cc1. The van der Waals surface area contributed by atoms with Gasteiger partial charge in [0.15, 0.2) is 6.29 Å². The van der Waals surface area contributed by atoms with E-state index >= 15 is 0 Å². The summed E-state index contributed by atoms with van der Waals surface area (Å²) in [7, 11) is 0. The molecule has 0 unspecified atom stereocenters. The molecule has 0 fully saturated rings. The fraction of sp³-hybridized carbons (Fsp3) is 0.289. The van der Waals surface area contributed by atoms with Crippen LogP contribution in [0.25, 0.3) is 54.9 Å². The van der Waals surface area contributed by atoms with Crippen molar-refractivity contribution in [1.82, 2.24) is 0 Å². The fourth-order valence-electron chi connectivity index (χ4n) is 15.4. The van der Waals surface area contributed by atoms with Crippen molar-refractivity contribution in [2.45, 2.75) is 155 Å². The zero-order chi connectivity index (χ0) is 60.0. The second kappa shape index (κ2) is 19.8. The Balaban J connectivity index is 1.02. The Kier molecular flexibility index (Phi) is 12.9. The third-order valence-corrected chi connectivity index (χ3v) is 21.1. The molecule has 0 bridgehead atoms. The van der Waals surface area contributed by atoms with Gasteiger partial charge in [0, 0.05) is 21.9 Å². The lowest BCUT2D eigenvalue weighted by molar-refractivity contribution is 0.112. The van der Waals surface area contributed by atoms with Crippen molar-refractivity contribution >= 4 is 34.7 Å². The molecule has 2 nitrogen and oxygen atoms in total. The molecule has 4 aliphatic rings. The number of hydrogen-bond donors (Lipinski definition) is 0. The maximum atomic E-state index is 12.4. The molecule has 9 aromatic carbocycles. The zero-order valence-electron chi connectivity index (χ0n) is 52.8. The van der Waals surface area contributed by atoms with E-state index in [2.05, 4.69) is 283 Å². The first-order valence-corrected chi connectivity index (χ1v) is 32.5. The molecule has 0 saturated carbocycles. The second-order valence-electron chi connectivity index (χ2n) is 29.4. The highest BCUT2D eigenvalue weighted by Gasteiger charge is 2.54. The number of hydrogen-bond acceptors (Lipinski definition) is 3. The van der Waals surface area contributed by atoms with Gasteiger partial charge in [-0.2, -0.15) is 0 Å². The Morgan fingerprint density at radius 3 is 1.22 bits per heavy atom. The minimum atomic E-state index is -0.571. The van der Waals surface area contributed by atoms with E-state index in [0.717, 1.165) is 46.6 Å². The highest BCUT2D eigenvalue weighted by molar-refractivity contribution is 7.17. The van der Waals surface area contributed by atoms with Gasteiger partial charge in [0.25, 0.3) is 0 Å². The van der Waals surface area contributed by atoms with Gasteiger partial charge in [-0.05, 0) is 199 Å². The number of carbonyl (C=O) groups excluding carboxylic acids is 1. The minimum absolute atomic E-state index is 0.0406. The maximum Gasteiger partial charge on any atom is 0.160 e. The van der Waals surface area contributed by atoms with Crippen molar-refractivity contribution in [1.29, 1.82) is 0 Å². The van der Waals surface area contributed by atoms with Gasteiger partial charge in [0.05, 0.1) is 15.7 Å². The monoisotopic (exact) mass is 1140 g/mol. The summed E-state index contributed by atoms with van der Waals surface area (Å²) in [5.41, 5.74) is 31.0. The van der Waals surface area contributed by atoms with Crippen molar-refractivity contribution in [3.8, 4) is 54.9 Å². The van der Waals surface area contributed by atoms with Gasteiger partial charge in [-0.1, -0.05) is 255 Å². The predicted octanol–water partition coefficient (Wildman–Crippen LogP) is 22.7. The third-order valence-electron chi connectivity index (χ3n) is 19.9. The van der Waals surface area contributed by atoms with Gasteiger partial charge in [0.2, 0.25) is 0 Å². The number of rotatable bonds is 10. The van der Waals surface area contributed by atoms with Gasteiger partial charge in [-0.15, -0.1) is 11.3 Å². The summed E-state index contributed by atoms with van der Waals surface area (Å²) in [5.74, 6) is 0. The molecule has 3 heteroatoms. The Hall–Kier alpha value is -7.85. The average molecular weight is 1140 g/mol. The highest BCUT2D eigenvalue weighted by atomic mass is 32.1. The molecule has 1 heterocycles. The number of fused-ring (bicyclic) bond motifs is 20. The van der Waals surface area contributed by atoms with Crippen molar-refractivity contribution in [3.05, 3.63) is 265 Å². The number of carbonyl (C=O) groups is 1. The normalized spacial score (nSPS) is 14.6. The fourth-order valence-corrected chi connectivity index (χ4v) is 16.4. The van der Waals surface area contributed by atoms with Crippen molar-refractivity contribution in [3.63, 3.8) is 0 Å². The molecule has 1 aromatic heterocycles. The van der Waals surface area contributed by atoms with Crippen LogP contribution in [0.3, 0.4) is 0 Å². The molecular formula is C83H81NOS. The number of benzene rings is 9. The first kappa shape index (κ1) is 56.0. The van der Waals surface area contributed by atoms with Crippen LogP contribution in [0.15, 0.2) is 188 Å². The van der Waals surface area contributed by atoms with Crippen LogP contribution in [0.1, 0.15) is 198 Å². The quantitative estimate of drug-likeness (QED) is 0.100. The molecule has 10 aromatic rings. The van der Waals surface area contributed by atoms with E-state index in [-0.39, 0.29) is 21.7 Å². The first-order valence-electron chi connectivity index (χ1n) is 31.6. The number of anilines is 3. The van der Waals surface area contributed by atoms with Crippen LogP contribution < -0.4 is 4.90 Å². The number of aryl methyl sites for hydroxylation is 1. The third kappa shape index (κ3) is 8.41. The zero-order valence-corrected chi connectivity index (χ0v) is 53.6. The van der Waals surface area contributed by atoms with Crippen molar-refractivity contribution in [2.75, 3.05) is 4.90 Å². The molecule has 0 atom stereocenters. The van der Waals surface area contributed by atoms with Crippen LogP contribution in [0.5, 0.6) is 0 Å². The lowest BCUT2D eigenvalue weighted by atomic mass is 9.68. The summed E-state index contributed by atoms with van der Waals surface area (Å²) in [6.07, 6.45) is 6.72. The van der Waals surface area contributed by atoms with Crippen LogP contribution in [-0.2, 0) is 38.9 Å². The van der Waals surface area contributed by atoms with Gasteiger partial charge in [-0.3, -0.25) is 4.79 Å². The molecular weight excluding hydrogens is 1060 g/mol. The summed E-state index contributed by atoms with van der Waals surface area (Å²) >= 11 is 1.62. The van der Waals surface area contributed by atoms with Crippen molar-refractivity contribution < 1.29 is 4.79 Å². The molecule has 430 valence electrons.